The van der Waals surface area contributed by atoms with Gasteiger partial charge in [0.2, 0.25) is 0 Å². The lowest BCUT2D eigenvalue weighted by atomic mass is 10.1. The number of amides is 1. The second kappa shape index (κ2) is 6.22. The maximum absolute atomic E-state index is 13.2. The van der Waals surface area contributed by atoms with Crippen molar-refractivity contribution in [2.45, 2.75) is 65.0 Å². The quantitative estimate of drug-likeness (QED) is 0.740. The Labute approximate surface area is 159 Å². The van der Waals surface area contributed by atoms with E-state index < -0.39 is 0 Å². The fourth-order valence-electron chi connectivity index (χ4n) is 3.43. The van der Waals surface area contributed by atoms with Gasteiger partial charge in [-0.15, -0.1) is 0 Å². The van der Waals surface area contributed by atoms with Gasteiger partial charge in [0.05, 0.1) is 34.5 Å². The highest BCUT2D eigenvalue weighted by atomic mass is 16.3. The number of fused-ring (bicyclic) bond motifs is 1. The van der Waals surface area contributed by atoms with Crippen molar-refractivity contribution in [1.82, 2.24) is 20.1 Å². The van der Waals surface area contributed by atoms with Crippen molar-refractivity contribution >= 4 is 16.9 Å². The van der Waals surface area contributed by atoms with Crippen LogP contribution in [0.1, 0.15) is 80.0 Å². The topological polar surface area (TPSA) is 73.0 Å². The van der Waals surface area contributed by atoms with Crippen LogP contribution in [0.25, 0.3) is 11.0 Å². The number of hydrogen-bond acceptors (Lipinski definition) is 4. The molecule has 0 saturated heterocycles. The Morgan fingerprint density at radius 3 is 2.70 bits per heavy atom. The summed E-state index contributed by atoms with van der Waals surface area (Å²) in [4.78, 5) is 18.1. The van der Waals surface area contributed by atoms with Crippen molar-refractivity contribution < 1.29 is 9.21 Å². The van der Waals surface area contributed by atoms with Crippen LogP contribution in [0.15, 0.2) is 28.9 Å². The maximum Gasteiger partial charge on any atom is 0.252 e. The van der Waals surface area contributed by atoms with Crippen LogP contribution in [0.5, 0.6) is 0 Å². The van der Waals surface area contributed by atoms with Crippen molar-refractivity contribution in [3.63, 3.8) is 0 Å². The van der Waals surface area contributed by atoms with Gasteiger partial charge in [0.25, 0.3) is 5.91 Å². The van der Waals surface area contributed by atoms with Gasteiger partial charge in [-0.05, 0) is 65.7 Å². The molecule has 6 nitrogen and oxygen atoms in total. The van der Waals surface area contributed by atoms with Crippen LogP contribution < -0.4 is 5.32 Å². The molecule has 1 N–H and O–H groups in total. The van der Waals surface area contributed by atoms with Crippen LogP contribution in [0.4, 0.5) is 0 Å². The summed E-state index contributed by atoms with van der Waals surface area (Å²) in [5.74, 6) is 1.06. The van der Waals surface area contributed by atoms with Gasteiger partial charge >= 0.3 is 0 Å². The predicted molar refractivity (Wildman–Crippen MR) is 104 cm³/mol. The Morgan fingerprint density at radius 1 is 1.37 bits per heavy atom. The van der Waals surface area contributed by atoms with E-state index in [1.165, 1.54) is 0 Å². The van der Waals surface area contributed by atoms with E-state index in [0.717, 1.165) is 41.0 Å². The molecule has 0 bridgehead atoms. The Hall–Kier alpha value is -2.63. The average Bonchev–Trinajstić information content (AvgIpc) is 3.18. The molecule has 1 aliphatic rings. The lowest BCUT2D eigenvalue weighted by Crippen LogP contribution is -2.27. The van der Waals surface area contributed by atoms with E-state index in [1.54, 1.807) is 6.26 Å². The van der Waals surface area contributed by atoms with Gasteiger partial charge in [0, 0.05) is 11.6 Å². The molecule has 0 spiro atoms. The number of nitrogens with zero attached hydrogens (tertiary/aromatic N) is 3. The van der Waals surface area contributed by atoms with Gasteiger partial charge < -0.3 is 9.73 Å². The number of aryl methyl sites for hydroxylation is 1. The normalized spacial score (nSPS) is 15.9. The van der Waals surface area contributed by atoms with Gasteiger partial charge in [-0.2, -0.15) is 5.10 Å². The molecule has 0 unspecified atom stereocenters. The highest BCUT2D eigenvalue weighted by Gasteiger charge is 2.30. The lowest BCUT2D eigenvalue weighted by molar-refractivity contribution is 0.0937. The number of hydrogen-bond donors (Lipinski definition) is 1. The van der Waals surface area contributed by atoms with E-state index in [2.05, 4.69) is 26.1 Å². The van der Waals surface area contributed by atoms with E-state index in [0.29, 0.717) is 11.5 Å². The van der Waals surface area contributed by atoms with Crippen molar-refractivity contribution in [3.8, 4) is 0 Å². The summed E-state index contributed by atoms with van der Waals surface area (Å²) in [5.41, 5.74) is 3.04. The first kappa shape index (κ1) is 17.8. The largest absolute Gasteiger partial charge is 0.467 e. The minimum Gasteiger partial charge on any atom is -0.467 e. The zero-order chi connectivity index (χ0) is 19.3. The summed E-state index contributed by atoms with van der Waals surface area (Å²) in [7, 11) is 0. The van der Waals surface area contributed by atoms with Crippen molar-refractivity contribution in [3.05, 3.63) is 47.2 Å². The molecule has 1 saturated carbocycles. The Balaban J connectivity index is 1.81. The van der Waals surface area contributed by atoms with Gasteiger partial charge in [-0.3, -0.25) is 4.79 Å². The third kappa shape index (κ3) is 3.24. The molecule has 4 rings (SSSR count). The number of carbonyl (C=O) groups excluding carboxylic acids is 1. The van der Waals surface area contributed by atoms with Crippen molar-refractivity contribution in [2.75, 3.05) is 0 Å². The Kier molecular flexibility index (Phi) is 4.09. The molecule has 1 atom stereocenters. The number of furan rings is 1. The van der Waals surface area contributed by atoms with Gasteiger partial charge in [-0.1, -0.05) is 0 Å². The molecule has 3 aromatic heterocycles. The molecule has 142 valence electrons. The Morgan fingerprint density at radius 2 is 2.11 bits per heavy atom. The van der Waals surface area contributed by atoms with E-state index in [9.17, 15) is 4.79 Å². The van der Waals surface area contributed by atoms with E-state index in [4.69, 9.17) is 14.5 Å². The van der Waals surface area contributed by atoms with E-state index in [-0.39, 0.29) is 17.5 Å². The summed E-state index contributed by atoms with van der Waals surface area (Å²) >= 11 is 0. The van der Waals surface area contributed by atoms with Crippen LogP contribution >= 0.6 is 0 Å². The smallest absolute Gasteiger partial charge is 0.252 e. The van der Waals surface area contributed by atoms with Gasteiger partial charge in [0.15, 0.2) is 5.65 Å². The third-order valence-electron chi connectivity index (χ3n) is 5.03. The number of nitrogens with one attached hydrogen (secondary N) is 1. The summed E-state index contributed by atoms with van der Waals surface area (Å²) in [6.45, 7) is 10.2. The zero-order valence-corrected chi connectivity index (χ0v) is 16.5. The first-order chi connectivity index (χ1) is 12.8. The molecule has 6 heteroatoms. The molecule has 3 aromatic rings. The molecule has 0 aromatic carbocycles. The summed E-state index contributed by atoms with van der Waals surface area (Å²) < 4.78 is 7.36. The highest BCUT2D eigenvalue weighted by molar-refractivity contribution is 6.06. The van der Waals surface area contributed by atoms with Crippen LogP contribution in [-0.2, 0) is 5.54 Å². The standard InChI is InChI=1S/C21H26N4O2/c1-12(17-7-6-10-27-17)22-20(26)15-11-16(14-8-9-14)23-19-18(15)13(2)24-25(19)21(3,4)5/h6-7,10-12,14H,8-9H2,1-5H3,(H,22,26)/t12-/m0/s1. The number of aromatic nitrogens is 3. The number of pyridine rings is 1. The van der Waals surface area contributed by atoms with E-state index >= 15 is 0 Å². The fourth-order valence-corrected chi connectivity index (χ4v) is 3.43. The molecular weight excluding hydrogens is 340 g/mol. The van der Waals surface area contributed by atoms with Crippen LogP contribution in [0.3, 0.4) is 0 Å². The SMILES string of the molecule is Cc1nn(C(C)(C)C)c2nc(C3CC3)cc(C(=O)N[C@@H](C)c3ccco3)c12. The van der Waals surface area contributed by atoms with Crippen LogP contribution in [0, 0.1) is 6.92 Å². The first-order valence-corrected chi connectivity index (χ1v) is 9.50. The lowest BCUT2D eigenvalue weighted by Gasteiger charge is -2.20. The molecule has 27 heavy (non-hydrogen) atoms. The molecule has 1 aliphatic carbocycles. The first-order valence-electron chi connectivity index (χ1n) is 9.50. The predicted octanol–water partition coefficient (Wildman–Crippen LogP) is 4.46. The third-order valence-corrected chi connectivity index (χ3v) is 5.03. The van der Waals surface area contributed by atoms with Gasteiger partial charge in [0.1, 0.15) is 5.76 Å². The molecule has 0 aliphatic heterocycles. The number of carbonyl (C=O) groups is 1. The number of rotatable bonds is 4. The van der Waals surface area contributed by atoms with Crippen LogP contribution in [-0.4, -0.2) is 20.7 Å². The molecule has 1 amide bonds. The molecule has 3 heterocycles. The van der Waals surface area contributed by atoms with Crippen LogP contribution in [0.2, 0.25) is 0 Å². The minimum absolute atomic E-state index is 0.121. The van der Waals surface area contributed by atoms with E-state index in [1.807, 2.05) is 36.7 Å². The van der Waals surface area contributed by atoms with Crippen molar-refractivity contribution in [2.24, 2.45) is 0 Å². The molecule has 1 fully saturated rings. The monoisotopic (exact) mass is 366 g/mol. The molecular formula is C21H26N4O2. The summed E-state index contributed by atoms with van der Waals surface area (Å²) in [5, 5.41) is 8.60. The second-order valence-corrected chi connectivity index (χ2v) is 8.45. The second-order valence-electron chi connectivity index (χ2n) is 8.45. The highest BCUT2D eigenvalue weighted by Crippen LogP contribution is 2.41. The Bertz CT molecular complexity index is 992. The average molecular weight is 366 g/mol. The van der Waals surface area contributed by atoms with Gasteiger partial charge in [-0.25, -0.2) is 9.67 Å². The fraction of sp³-hybridized carbons (Fsp3) is 0.476. The minimum atomic E-state index is -0.211. The maximum atomic E-state index is 13.2. The molecule has 0 radical (unpaired) electrons. The zero-order valence-electron chi connectivity index (χ0n) is 16.5. The summed E-state index contributed by atoms with van der Waals surface area (Å²) in [6, 6.07) is 5.43. The summed E-state index contributed by atoms with van der Waals surface area (Å²) in [6.07, 6.45) is 3.88. The van der Waals surface area contributed by atoms with Crippen molar-refractivity contribution in [1.29, 1.82) is 0 Å².